The molecular weight excluding hydrogens is 701 g/mol. The maximum absolute atomic E-state index is 14.3. The van der Waals surface area contributed by atoms with Crippen molar-refractivity contribution in [3.63, 3.8) is 0 Å². The highest BCUT2D eigenvalue weighted by Crippen LogP contribution is 2.39. The first-order chi connectivity index (χ1) is 23.2. The molecule has 2 amide bonds. The Balaban J connectivity index is 1.81. The van der Waals surface area contributed by atoms with Crippen LogP contribution in [0.3, 0.4) is 0 Å². The molecule has 0 radical (unpaired) electrons. The van der Waals surface area contributed by atoms with E-state index in [4.69, 9.17) is 8.61 Å². The van der Waals surface area contributed by atoms with Crippen LogP contribution in [-0.4, -0.2) is 106 Å². The summed E-state index contributed by atoms with van der Waals surface area (Å²) in [6, 6.07) is 19.1. The number of carbonyl (C=O) groups excluding carboxylic acids is 1. The SMILES string of the molecule is C=C[C@H](O[Si](c1ccccc1)(c1ccccc1)C(C)(C)C)[C@@H](COS(C)(=O)=O)CN(C)C(=O)c1c2c(nn1S(C)(=O)=O)C[C@@H](C)N(C(=O)O)C2. The van der Waals surface area contributed by atoms with Crippen LogP contribution in [0, 0.1) is 5.92 Å². The maximum atomic E-state index is 14.3. The predicted molar refractivity (Wildman–Crippen MR) is 193 cm³/mol. The lowest BCUT2D eigenvalue weighted by atomic mass is 9.99. The molecule has 0 unspecified atom stereocenters. The van der Waals surface area contributed by atoms with Gasteiger partial charge in [0.15, 0.2) is 0 Å². The Morgan fingerprint density at radius 3 is 2.04 bits per heavy atom. The van der Waals surface area contributed by atoms with Crippen LogP contribution < -0.4 is 10.4 Å². The minimum Gasteiger partial charge on any atom is -0.465 e. The van der Waals surface area contributed by atoms with E-state index < -0.39 is 63.6 Å². The van der Waals surface area contributed by atoms with E-state index in [0.29, 0.717) is 9.78 Å². The number of carboxylic acid groups (broad SMARTS) is 1. The summed E-state index contributed by atoms with van der Waals surface area (Å²) < 4.78 is 63.6. The Morgan fingerprint density at radius 1 is 1.06 bits per heavy atom. The van der Waals surface area contributed by atoms with E-state index >= 15 is 0 Å². The Hall–Kier alpha value is -3.83. The van der Waals surface area contributed by atoms with Gasteiger partial charge in [0, 0.05) is 37.5 Å². The van der Waals surface area contributed by atoms with Crippen molar-refractivity contribution in [2.45, 2.75) is 57.8 Å². The zero-order valence-corrected chi connectivity index (χ0v) is 32.1. The summed E-state index contributed by atoms with van der Waals surface area (Å²) in [6.07, 6.45) is 1.46. The first-order valence-electron chi connectivity index (χ1n) is 16.0. The van der Waals surface area contributed by atoms with E-state index in [2.05, 4.69) is 32.4 Å². The molecule has 2 aromatic carbocycles. The molecule has 1 aliphatic heterocycles. The molecule has 0 saturated carbocycles. The van der Waals surface area contributed by atoms with E-state index in [1.807, 2.05) is 60.7 Å². The van der Waals surface area contributed by atoms with Crippen LogP contribution >= 0.6 is 0 Å². The fraction of sp³-hybridized carbons (Fsp3) is 0.441. The van der Waals surface area contributed by atoms with Crippen LogP contribution in [0.25, 0.3) is 0 Å². The fourth-order valence-electron chi connectivity index (χ4n) is 6.54. The molecule has 3 aromatic rings. The summed E-state index contributed by atoms with van der Waals surface area (Å²) in [5.74, 6) is -1.56. The molecule has 0 saturated heterocycles. The summed E-state index contributed by atoms with van der Waals surface area (Å²) in [4.78, 5) is 28.6. The molecule has 0 aliphatic carbocycles. The molecule has 50 heavy (non-hydrogen) atoms. The van der Waals surface area contributed by atoms with Gasteiger partial charge in [0.05, 0.1) is 37.5 Å². The molecule has 0 bridgehead atoms. The standard InChI is InChI=1S/C34H46N4O9S2Si/c1-9-30(47-50(34(3,4)5,26-16-12-10-13-17-26)27-18-14-11-15-19-27)25(23-46-49(8,44)45)21-36(6)32(39)31-28-22-37(33(40)41)24(2)20-29(28)35-38(31)48(7,42)43/h9-19,24-25,30H,1,20-23H2,2-8H3,(H,40,41)/t24-,25-,30+/m1/s1. The van der Waals surface area contributed by atoms with Gasteiger partial charge < -0.3 is 19.3 Å². The molecule has 272 valence electrons. The third kappa shape index (κ3) is 8.20. The van der Waals surface area contributed by atoms with Crippen LogP contribution in [0.1, 0.15) is 49.4 Å². The summed E-state index contributed by atoms with van der Waals surface area (Å²) >= 11 is 0. The summed E-state index contributed by atoms with van der Waals surface area (Å²) in [5.41, 5.74) is 0.225. The van der Waals surface area contributed by atoms with Crippen LogP contribution in [0.2, 0.25) is 5.04 Å². The second kappa shape index (κ2) is 14.8. The number of nitrogens with zero attached hydrogens (tertiary/aromatic N) is 4. The topological polar surface area (TPSA) is 165 Å². The average molecular weight is 747 g/mol. The lowest BCUT2D eigenvalue weighted by molar-refractivity contribution is 0.0645. The normalized spacial score (nSPS) is 16.7. The first-order valence-corrected chi connectivity index (χ1v) is 21.6. The van der Waals surface area contributed by atoms with Crippen molar-refractivity contribution in [2.24, 2.45) is 5.92 Å². The molecule has 1 N–H and O–H groups in total. The molecular formula is C34H46N4O9S2Si. The smallest absolute Gasteiger partial charge is 0.407 e. The number of amides is 2. The number of hydrogen-bond acceptors (Lipinski definition) is 9. The Labute approximate surface area is 295 Å². The molecule has 3 atom stereocenters. The third-order valence-electron chi connectivity index (χ3n) is 8.93. The molecule has 13 nitrogen and oxygen atoms in total. The maximum Gasteiger partial charge on any atom is 0.407 e. The zero-order chi connectivity index (χ0) is 37.2. The Bertz CT molecular complexity index is 1890. The summed E-state index contributed by atoms with van der Waals surface area (Å²) in [6.45, 7) is 11.2. The Kier molecular flexibility index (Phi) is 11.5. The number of aromatic nitrogens is 2. The lowest BCUT2D eigenvalue weighted by Crippen LogP contribution is -2.68. The monoisotopic (exact) mass is 746 g/mol. The highest BCUT2D eigenvalue weighted by atomic mass is 32.2. The van der Waals surface area contributed by atoms with E-state index in [0.717, 1.165) is 27.8 Å². The Morgan fingerprint density at radius 2 is 1.60 bits per heavy atom. The van der Waals surface area contributed by atoms with Crippen molar-refractivity contribution in [1.82, 2.24) is 19.0 Å². The highest BCUT2D eigenvalue weighted by molar-refractivity contribution is 7.89. The molecule has 0 fully saturated rings. The van der Waals surface area contributed by atoms with Gasteiger partial charge in [-0.25, -0.2) is 13.2 Å². The molecule has 1 aromatic heterocycles. The lowest BCUT2D eigenvalue weighted by Gasteiger charge is -2.46. The molecule has 2 heterocycles. The van der Waals surface area contributed by atoms with Gasteiger partial charge in [-0.3, -0.25) is 8.98 Å². The van der Waals surface area contributed by atoms with Crippen molar-refractivity contribution in [3.05, 3.63) is 90.3 Å². The van der Waals surface area contributed by atoms with Crippen molar-refractivity contribution in [1.29, 1.82) is 0 Å². The highest BCUT2D eigenvalue weighted by Gasteiger charge is 2.52. The van der Waals surface area contributed by atoms with E-state index in [1.165, 1.54) is 11.9 Å². The minimum atomic E-state index is -4.09. The number of fused-ring (bicyclic) bond motifs is 1. The number of carbonyl (C=O) groups is 2. The van der Waals surface area contributed by atoms with E-state index in [1.54, 1.807) is 13.0 Å². The van der Waals surface area contributed by atoms with Gasteiger partial charge in [0.2, 0.25) is 0 Å². The van der Waals surface area contributed by atoms with Crippen LogP contribution in [0.15, 0.2) is 73.3 Å². The molecule has 1 aliphatic rings. The predicted octanol–water partition coefficient (Wildman–Crippen LogP) is 2.91. The second-order valence-corrected chi connectivity index (χ2v) is 21.5. The van der Waals surface area contributed by atoms with Crippen LogP contribution in [0.4, 0.5) is 4.79 Å². The van der Waals surface area contributed by atoms with Gasteiger partial charge in [0.1, 0.15) is 5.69 Å². The molecule has 16 heteroatoms. The summed E-state index contributed by atoms with van der Waals surface area (Å²) in [7, 11) is -9.79. The van der Waals surface area contributed by atoms with Crippen molar-refractivity contribution < 1.29 is 40.1 Å². The van der Waals surface area contributed by atoms with Gasteiger partial charge in [-0.05, 0) is 22.3 Å². The summed E-state index contributed by atoms with van der Waals surface area (Å²) in [5, 5.41) is 15.5. The van der Waals surface area contributed by atoms with Crippen molar-refractivity contribution >= 4 is 50.8 Å². The third-order valence-corrected chi connectivity index (χ3v) is 15.4. The number of rotatable bonds is 13. The van der Waals surface area contributed by atoms with Gasteiger partial charge in [-0.2, -0.15) is 17.6 Å². The van der Waals surface area contributed by atoms with Crippen molar-refractivity contribution in [3.8, 4) is 0 Å². The number of benzene rings is 2. The quantitative estimate of drug-likeness (QED) is 0.156. The van der Waals surface area contributed by atoms with Crippen LogP contribution in [-0.2, 0) is 41.7 Å². The van der Waals surface area contributed by atoms with Crippen molar-refractivity contribution in [2.75, 3.05) is 32.7 Å². The fourth-order valence-corrected chi connectivity index (χ4v) is 12.4. The second-order valence-electron chi connectivity index (χ2n) is 13.8. The largest absolute Gasteiger partial charge is 0.465 e. The van der Waals surface area contributed by atoms with E-state index in [-0.39, 0.29) is 37.4 Å². The number of hydrogen-bond donors (Lipinski definition) is 1. The van der Waals surface area contributed by atoms with E-state index in [9.17, 15) is 31.5 Å². The van der Waals surface area contributed by atoms with Gasteiger partial charge in [0.25, 0.3) is 34.4 Å². The van der Waals surface area contributed by atoms with Gasteiger partial charge in [-0.15, -0.1) is 6.58 Å². The average Bonchev–Trinajstić information content (AvgIpc) is 3.41. The van der Waals surface area contributed by atoms with Gasteiger partial charge >= 0.3 is 6.09 Å². The minimum absolute atomic E-state index is 0.115. The zero-order valence-electron chi connectivity index (χ0n) is 29.4. The van der Waals surface area contributed by atoms with Crippen LogP contribution in [0.5, 0.6) is 0 Å². The first kappa shape index (κ1) is 39.0. The molecule has 4 rings (SSSR count). The molecule has 0 spiro atoms. The van der Waals surface area contributed by atoms with Gasteiger partial charge in [-0.1, -0.05) is 87.5 Å².